The number of hydrogen-bond donors (Lipinski definition) is 0. The van der Waals surface area contributed by atoms with E-state index < -0.39 is 10.0 Å². The van der Waals surface area contributed by atoms with Gasteiger partial charge in [0.1, 0.15) is 5.75 Å². The summed E-state index contributed by atoms with van der Waals surface area (Å²) in [6, 6.07) is 23.1. The van der Waals surface area contributed by atoms with Gasteiger partial charge in [0, 0.05) is 4.47 Å². The first-order valence-corrected chi connectivity index (χ1v) is 10.2. The van der Waals surface area contributed by atoms with Gasteiger partial charge in [-0.3, -0.25) is 4.31 Å². The molecule has 0 saturated carbocycles. The summed E-state index contributed by atoms with van der Waals surface area (Å²) in [5.41, 5.74) is 1.47. The van der Waals surface area contributed by atoms with Crippen LogP contribution in [0, 0.1) is 0 Å². The van der Waals surface area contributed by atoms with E-state index in [2.05, 4.69) is 15.9 Å². The van der Waals surface area contributed by atoms with Crippen LogP contribution in [0.2, 0.25) is 0 Å². The summed E-state index contributed by atoms with van der Waals surface area (Å²) in [6.45, 7) is 0.233. The number of halogens is 1. The summed E-state index contributed by atoms with van der Waals surface area (Å²) in [4.78, 5) is 0.257. The average molecular weight is 432 g/mol. The second kappa shape index (κ2) is 7.93. The van der Waals surface area contributed by atoms with Crippen molar-refractivity contribution in [2.45, 2.75) is 11.4 Å². The van der Waals surface area contributed by atoms with Gasteiger partial charge >= 0.3 is 0 Å². The molecular formula is C20H18BrNO3S. The van der Waals surface area contributed by atoms with Gasteiger partial charge in [0.2, 0.25) is 0 Å². The van der Waals surface area contributed by atoms with E-state index in [4.69, 9.17) is 4.74 Å². The molecule has 134 valence electrons. The third-order valence-electron chi connectivity index (χ3n) is 3.93. The Balaban J connectivity index is 2.04. The van der Waals surface area contributed by atoms with Crippen LogP contribution in [0.3, 0.4) is 0 Å². The minimum Gasteiger partial charge on any atom is -0.497 e. The number of benzene rings is 3. The van der Waals surface area contributed by atoms with Crippen LogP contribution in [0.1, 0.15) is 5.56 Å². The van der Waals surface area contributed by atoms with Crippen molar-refractivity contribution < 1.29 is 13.2 Å². The highest BCUT2D eigenvalue weighted by Crippen LogP contribution is 2.28. The molecule has 0 aromatic heterocycles. The SMILES string of the molecule is COc1ccc(N(Cc2ccc(Br)cc2)S(=O)(=O)c2ccccc2)cc1. The zero-order chi connectivity index (χ0) is 18.6. The minimum absolute atomic E-state index is 0.233. The second-order valence-electron chi connectivity index (χ2n) is 5.65. The summed E-state index contributed by atoms with van der Waals surface area (Å²) >= 11 is 3.40. The maximum absolute atomic E-state index is 13.2. The van der Waals surface area contributed by atoms with Gasteiger partial charge in [-0.25, -0.2) is 8.42 Å². The standard InChI is InChI=1S/C20H18BrNO3S/c1-25-19-13-11-18(12-14-19)22(15-16-7-9-17(21)10-8-16)26(23,24)20-5-3-2-4-6-20/h2-14H,15H2,1H3. The molecule has 3 aromatic rings. The molecule has 0 unspecified atom stereocenters. The third-order valence-corrected chi connectivity index (χ3v) is 6.25. The second-order valence-corrected chi connectivity index (χ2v) is 8.43. The largest absolute Gasteiger partial charge is 0.497 e. The summed E-state index contributed by atoms with van der Waals surface area (Å²) in [6.07, 6.45) is 0. The fraction of sp³-hybridized carbons (Fsp3) is 0.100. The van der Waals surface area contributed by atoms with E-state index in [0.717, 1.165) is 10.0 Å². The summed E-state index contributed by atoms with van der Waals surface area (Å²) in [5, 5.41) is 0. The van der Waals surface area contributed by atoms with Crippen molar-refractivity contribution in [2.24, 2.45) is 0 Å². The van der Waals surface area contributed by atoms with Crippen LogP contribution in [0.4, 0.5) is 5.69 Å². The molecule has 0 heterocycles. The van der Waals surface area contributed by atoms with Crippen molar-refractivity contribution in [3.63, 3.8) is 0 Å². The lowest BCUT2D eigenvalue weighted by Gasteiger charge is -2.25. The fourth-order valence-corrected chi connectivity index (χ4v) is 4.28. The molecule has 0 N–H and O–H groups in total. The number of rotatable bonds is 6. The quantitative estimate of drug-likeness (QED) is 0.559. The third kappa shape index (κ3) is 4.08. The monoisotopic (exact) mass is 431 g/mol. The maximum Gasteiger partial charge on any atom is 0.264 e. The molecule has 3 aromatic carbocycles. The zero-order valence-corrected chi connectivity index (χ0v) is 16.6. The Kier molecular flexibility index (Phi) is 5.64. The average Bonchev–Trinajstić information content (AvgIpc) is 2.68. The Morgan fingerprint density at radius 1 is 0.885 bits per heavy atom. The molecule has 0 aliphatic carbocycles. The lowest BCUT2D eigenvalue weighted by molar-refractivity contribution is 0.415. The highest BCUT2D eigenvalue weighted by molar-refractivity contribution is 9.10. The lowest BCUT2D eigenvalue weighted by atomic mass is 10.2. The van der Waals surface area contributed by atoms with E-state index in [9.17, 15) is 8.42 Å². The molecule has 0 aliphatic rings. The van der Waals surface area contributed by atoms with Crippen molar-refractivity contribution in [3.05, 3.63) is 88.9 Å². The van der Waals surface area contributed by atoms with Crippen LogP contribution in [0.25, 0.3) is 0 Å². The minimum atomic E-state index is -3.70. The van der Waals surface area contributed by atoms with Crippen molar-refractivity contribution in [2.75, 3.05) is 11.4 Å². The zero-order valence-electron chi connectivity index (χ0n) is 14.2. The van der Waals surface area contributed by atoms with Gasteiger partial charge in [-0.2, -0.15) is 0 Å². The van der Waals surface area contributed by atoms with E-state index in [1.54, 1.807) is 61.7 Å². The Morgan fingerprint density at radius 3 is 2.08 bits per heavy atom. The lowest BCUT2D eigenvalue weighted by Crippen LogP contribution is -2.30. The first-order chi connectivity index (χ1) is 12.5. The van der Waals surface area contributed by atoms with Crippen LogP contribution in [-0.2, 0) is 16.6 Å². The van der Waals surface area contributed by atoms with Crippen LogP contribution in [0.5, 0.6) is 5.75 Å². The molecule has 4 nitrogen and oxygen atoms in total. The van der Waals surface area contributed by atoms with Gasteiger partial charge in [0.25, 0.3) is 10.0 Å². The number of ether oxygens (including phenoxy) is 1. The Labute approximate surface area is 162 Å². The highest BCUT2D eigenvalue weighted by atomic mass is 79.9. The fourth-order valence-electron chi connectivity index (χ4n) is 2.54. The molecule has 6 heteroatoms. The van der Waals surface area contributed by atoms with Gasteiger partial charge in [0.15, 0.2) is 0 Å². The summed E-state index contributed by atoms with van der Waals surface area (Å²) < 4.78 is 34.0. The number of sulfonamides is 1. The molecule has 0 atom stereocenters. The molecule has 0 aliphatic heterocycles. The summed E-state index contributed by atoms with van der Waals surface area (Å²) in [7, 11) is -2.12. The molecule has 0 fully saturated rings. The summed E-state index contributed by atoms with van der Waals surface area (Å²) in [5.74, 6) is 0.675. The van der Waals surface area contributed by atoms with Crippen molar-refractivity contribution in [1.82, 2.24) is 0 Å². The Bertz CT molecular complexity index is 956. The van der Waals surface area contributed by atoms with Crippen LogP contribution in [-0.4, -0.2) is 15.5 Å². The molecule has 3 rings (SSSR count). The predicted octanol–water partition coefficient (Wildman–Crippen LogP) is 4.85. The van der Waals surface area contributed by atoms with E-state index in [1.165, 1.54) is 4.31 Å². The maximum atomic E-state index is 13.2. The first kappa shape index (κ1) is 18.5. The molecule has 0 radical (unpaired) electrons. The highest BCUT2D eigenvalue weighted by Gasteiger charge is 2.25. The van der Waals surface area contributed by atoms with E-state index >= 15 is 0 Å². The number of anilines is 1. The molecule has 0 spiro atoms. The number of hydrogen-bond acceptors (Lipinski definition) is 3. The molecule has 0 saturated heterocycles. The molecular weight excluding hydrogens is 414 g/mol. The Hall–Kier alpha value is -2.31. The van der Waals surface area contributed by atoms with Gasteiger partial charge in [-0.05, 0) is 54.1 Å². The van der Waals surface area contributed by atoms with Crippen LogP contribution >= 0.6 is 15.9 Å². The van der Waals surface area contributed by atoms with Gasteiger partial charge in [0.05, 0.1) is 24.2 Å². The van der Waals surface area contributed by atoms with E-state index in [-0.39, 0.29) is 11.4 Å². The number of nitrogens with zero attached hydrogens (tertiary/aromatic N) is 1. The van der Waals surface area contributed by atoms with E-state index in [0.29, 0.717) is 11.4 Å². The van der Waals surface area contributed by atoms with Crippen molar-refractivity contribution in [3.8, 4) is 5.75 Å². The van der Waals surface area contributed by atoms with Crippen molar-refractivity contribution >= 4 is 31.6 Å². The Morgan fingerprint density at radius 2 is 1.50 bits per heavy atom. The first-order valence-electron chi connectivity index (χ1n) is 7.97. The normalized spacial score (nSPS) is 11.2. The van der Waals surface area contributed by atoms with E-state index in [1.807, 2.05) is 24.3 Å². The van der Waals surface area contributed by atoms with Crippen LogP contribution < -0.4 is 9.04 Å². The van der Waals surface area contributed by atoms with Gasteiger partial charge < -0.3 is 4.74 Å². The smallest absolute Gasteiger partial charge is 0.264 e. The molecule has 26 heavy (non-hydrogen) atoms. The van der Waals surface area contributed by atoms with Crippen molar-refractivity contribution in [1.29, 1.82) is 0 Å². The van der Waals surface area contributed by atoms with Crippen LogP contribution in [0.15, 0.2) is 88.2 Å². The predicted molar refractivity (Wildman–Crippen MR) is 107 cm³/mol. The topological polar surface area (TPSA) is 46.6 Å². The van der Waals surface area contributed by atoms with Gasteiger partial charge in [-0.15, -0.1) is 0 Å². The molecule has 0 amide bonds. The van der Waals surface area contributed by atoms with Gasteiger partial charge in [-0.1, -0.05) is 46.3 Å². The number of methoxy groups -OCH3 is 1. The molecule has 0 bridgehead atoms.